The molecule has 1 unspecified atom stereocenters. The number of amides is 1. The summed E-state index contributed by atoms with van der Waals surface area (Å²) in [6.45, 7) is 4.16. The molecule has 3 heteroatoms. The molecule has 2 fully saturated rings. The highest BCUT2D eigenvalue weighted by atomic mass is 16.2. The molecule has 96 valence electrons. The molecule has 1 amide bonds. The standard InChI is InChI=1S/C15H20N2O/c1-11-4-2-3-5-13(11)17-14(18)12-10-15(12)6-8-16-9-7-15/h2-5,12,16H,6-10H2,1H3,(H,17,18). The molecule has 0 bridgehead atoms. The summed E-state index contributed by atoms with van der Waals surface area (Å²) in [5.74, 6) is 0.449. The van der Waals surface area contributed by atoms with Crippen molar-refractivity contribution in [2.75, 3.05) is 18.4 Å². The third kappa shape index (κ3) is 2.03. The Labute approximate surface area is 108 Å². The van der Waals surface area contributed by atoms with Crippen LogP contribution in [0.4, 0.5) is 5.69 Å². The number of hydrogen-bond acceptors (Lipinski definition) is 2. The lowest BCUT2D eigenvalue weighted by molar-refractivity contribution is -0.118. The van der Waals surface area contributed by atoms with Crippen LogP contribution in [-0.2, 0) is 4.79 Å². The van der Waals surface area contributed by atoms with Crippen molar-refractivity contribution in [3.05, 3.63) is 29.8 Å². The van der Waals surface area contributed by atoms with E-state index in [1.807, 2.05) is 31.2 Å². The first kappa shape index (κ1) is 11.7. The minimum Gasteiger partial charge on any atom is -0.326 e. The summed E-state index contributed by atoms with van der Waals surface area (Å²) in [5, 5.41) is 6.45. The van der Waals surface area contributed by atoms with Crippen LogP contribution in [0.1, 0.15) is 24.8 Å². The Balaban J connectivity index is 1.65. The Kier molecular flexibility index (Phi) is 2.86. The average molecular weight is 244 g/mol. The largest absolute Gasteiger partial charge is 0.326 e. The van der Waals surface area contributed by atoms with Gasteiger partial charge in [0.05, 0.1) is 0 Å². The lowest BCUT2D eigenvalue weighted by Crippen LogP contribution is -2.31. The van der Waals surface area contributed by atoms with Gasteiger partial charge in [0.2, 0.25) is 5.91 Å². The summed E-state index contributed by atoms with van der Waals surface area (Å²) >= 11 is 0. The lowest BCUT2D eigenvalue weighted by Gasteiger charge is -2.23. The van der Waals surface area contributed by atoms with Crippen molar-refractivity contribution in [2.45, 2.75) is 26.2 Å². The smallest absolute Gasteiger partial charge is 0.228 e. The zero-order valence-electron chi connectivity index (χ0n) is 10.8. The van der Waals surface area contributed by atoms with Gasteiger partial charge in [-0.25, -0.2) is 0 Å². The minimum atomic E-state index is 0.214. The van der Waals surface area contributed by atoms with Crippen LogP contribution in [0, 0.1) is 18.3 Å². The third-order valence-electron chi connectivity index (χ3n) is 4.51. The van der Waals surface area contributed by atoms with Crippen LogP contribution < -0.4 is 10.6 Å². The fourth-order valence-corrected chi connectivity index (χ4v) is 3.13. The van der Waals surface area contributed by atoms with Gasteiger partial charge < -0.3 is 10.6 Å². The second-order valence-corrected chi connectivity index (χ2v) is 5.67. The third-order valence-corrected chi connectivity index (χ3v) is 4.51. The number of carbonyl (C=O) groups is 1. The molecule has 1 saturated heterocycles. The Morgan fingerprint density at radius 1 is 1.33 bits per heavy atom. The monoisotopic (exact) mass is 244 g/mol. The summed E-state index contributed by atoms with van der Waals surface area (Å²) in [7, 11) is 0. The topological polar surface area (TPSA) is 41.1 Å². The Hall–Kier alpha value is -1.35. The molecule has 1 aromatic carbocycles. The molecule has 3 rings (SSSR count). The van der Waals surface area contributed by atoms with Gasteiger partial charge in [0.15, 0.2) is 0 Å². The molecular weight excluding hydrogens is 224 g/mol. The van der Waals surface area contributed by atoms with Crippen LogP contribution in [0.5, 0.6) is 0 Å². The van der Waals surface area contributed by atoms with E-state index in [-0.39, 0.29) is 11.8 Å². The highest BCUT2D eigenvalue weighted by Gasteiger charge is 2.57. The van der Waals surface area contributed by atoms with Gasteiger partial charge >= 0.3 is 0 Å². The number of benzene rings is 1. The van der Waals surface area contributed by atoms with Crippen LogP contribution in [0.15, 0.2) is 24.3 Å². The SMILES string of the molecule is Cc1ccccc1NC(=O)C1CC12CCNCC2. The number of piperidine rings is 1. The van der Waals surface area contributed by atoms with Crippen LogP contribution in [-0.4, -0.2) is 19.0 Å². The number of nitrogens with one attached hydrogen (secondary N) is 2. The van der Waals surface area contributed by atoms with Crippen LogP contribution >= 0.6 is 0 Å². The van der Waals surface area contributed by atoms with Gasteiger partial charge in [-0.15, -0.1) is 0 Å². The van der Waals surface area contributed by atoms with Gasteiger partial charge in [0.1, 0.15) is 0 Å². The quantitative estimate of drug-likeness (QED) is 0.838. The fraction of sp³-hybridized carbons (Fsp3) is 0.533. The summed E-state index contributed by atoms with van der Waals surface area (Å²) < 4.78 is 0. The number of anilines is 1. The maximum absolute atomic E-state index is 12.3. The zero-order valence-corrected chi connectivity index (χ0v) is 10.8. The van der Waals surface area contributed by atoms with Crippen molar-refractivity contribution in [1.82, 2.24) is 5.32 Å². The Morgan fingerprint density at radius 3 is 2.78 bits per heavy atom. The number of rotatable bonds is 2. The molecule has 0 aromatic heterocycles. The van der Waals surface area contributed by atoms with Crippen molar-refractivity contribution in [3.8, 4) is 0 Å². The van der Waals surface area contributed by atoms with E-state index >= 15 is 0 Å². The fourth-order valence-electron chi connectivity index (χ4n) is 3.13. The van der Waals surface area contributed by atoms with E-state index < -0.39 is 0 Å². The molecule has 1 spiro atoms. The van der Waals surface area contributed by atoms with E-state index in [1.54, 1.807) is 0 Å². The van der Waals surface area contributed by atoms with Crippen LogP contribution in [0.2, 0.25) is 0 Å². The number of carbonyl (C=O) groups excluding carboxylic acids is 1. The summed E-state index contributed by atoms with van der Waals surface area (Å²) in [6.07, 6.45) is 3.38. The molecule has 3 nitrogen and oxygen atoms in total. The normalized spacial score (nSPS) is 24.8. The maximum atomic E-state index is 12.3. The number of aryl methyl sites for hydroxylation is 1. The molecule has 1 heterocycles. The van der Waals surface area contributed by atoms with Gasteiger partial charge in [-0.05, 0) is 56.3 Å². The van der Waals surface area contributed by atoms with E-state index in [0.29, 0.717) is 5.41 Å². The van der Waals surface area contributed by atoms with Gasteiger partial charge in [-0.3, -0.25) is 4.79 Å². The Bertz CT molecular complexity index is 463. The second kappa shape index (κ2) is 4.39. The number of para-hydroxylation sites is 1. The summed E-state index contributed by atoms with van der Waals surface area (Å²) in [4.78, 5) is 12.3. The number of hydrogen-bond donors (Lipinski definition) is 2. The first-order chi connectivity index (χ1) is 8.71. The first-order valence-corrected chi connectivity index (χ1v) is 6.78. The van der Waals surface area contributed by atoms with Gasteiger partial charge in [-0.1, -0.05) is 18.2 Å². The minimum absolute atomic E-state index is 0.214. The van der Waals surface area contributed by atoms with Crippen molar-refractivity contribution in [2.24, 2.45) is 11.3 Å². The molecular formula is C15H20N2O. The van der Waals surface area contributed by atoms with Crippen LogP contribution in [0.25, 0.3) is 0 Å². The Morgan fingerprint density at radius 2 is 2.06 bits per heavy atom. The van der Waals surface area contributed by atoms with Gasteiger partial charge in [0, 0.05) is 11.6 Å². The van der Waals surface area contributed by atoms with Gasteiger partial charge in [0.25, 0.3) is 0 Å². The van der Waals surface area contributed by atoms with E-state index in [4.69, 9.17) is 0 Å². The molecule has 1 aromatic rings. The maximum Gasteiger partial charge on any atom is 0.228 e. The predicted molar refractivity (Wildman–Crippen MR) is 72.5 cm³/mol. The molecule has 18 heavy (non-hydrogen) atoms. The van der Waals surface area contributed by atoms with Crippen molar-refractivity contribution in [1.29, 1.82) is 0 Å². The molecule has 2 aliphatic rings. The van der Waals surface area contributed by atoms with E-state index in [2.05, 4.69) is 10.6 Å². The average Bonchev–Trinajstić information content (AvgIpc) is 3.07. The highest BCUT2D eigenvalue weighted by molar-refractivity contribution is 5.95. The molecule has 1 aliphatic heterocycles. The van der Waals surface area contributed by atoms with Crippen LogP contribution in [0.3, 0.4) is 0 Å². The summed E-state index contributed by atoms with van der Waals surface area (Å²) in [6, 6.07) is 7.97. The van der Waals surface area contributed by atoms with Crippen molar-refractivity contribution < 1.29 is 4.79 Å². The second-order valence-electron chi connectivity index (χ2n) is 5.67. The predicted octanol–water partition coefficient (Wildman–Crippen LogP) is 2.32. The van der Waals surface area contributed by atoms with E-state index in [0.717, 1.165) is 43.6 Å². The molecule has 1 saturated carbocycles. The van der Waals surface area contributed by atoms with E-state index in [1.165, 1.54) is 0 Å². The van der Waals surface area contributed by atoms with Crippen molar-refractivity contribution in [3.63, 3.8) is 0 Å². The van der Waals surface area contributed by atoms with E-state index in [9.17, 15) is 4.79 Å². The van der Waals surface area contributed by atoms with Crippen molar-refractivity contribution >= 4 is 11.6 Å². The van der Waals surface area contributed by atoms with Gasteiger partial charge in [-0.2, -0.15) is 0 Å². The zero-order chi connectivity index (χ0) is 12.6. The molecule has 1 aliphatic carbocycles. The molecule has 0 radical (unpaired) electrons. The summed E-state index contributed by atoms with van der Waals surface area (Å²) in [5.41, 5.74) is 2.40. The first-order valence-electron chi connectivity index (χ1n) is 6.78. The lowest BCUT2D eigenvalue weighted by atomic mass is 9.91. The molecule has 2 N–H and O–H groups in total. The highest BCUT2D eigenvalue weighted by Crippen LogP contribution is 2.58. The molecule has 1 atom stereocenters.